The van der Waals surface area contributed by atoms with Gasteiger partial charge in [0.25, 0.3) is 0 Å². The lowest BCUT2D eigenvalue weighted by molar-refractivity contribution is -0.386. The van der Waals surface area contributed by atoms with E-state index in [1.165, 1.54) is 0 Å². The molecule has 0 heterocycles. The molecule has 1 aromatic carbocycles. The molecule has 0 spiro atoms. The highest BCUT2D eigenvalue weighted by atomic mass is 19.1. The first-order valence-corrected chi connectivity index (χ1v) is 5.35. The van der Waals surface area contributed by atoms with E-state index < -0.39 is 27.8 Å². The molecule has 5 nitrogen and oxygen atoms in total. The molecule has 0 aliphatic carbocycles. The quantitative estimate of drug-likeness (QED) is 0.629. The van der Waals surface area contributed by atoms with Crippen molar-refractivity contribution in [2.24, 2.45) is 0 Å². The van der Waals surface area contributed by atoms with E-state index in [0.29, 0.717) is 12.5 Å². The minimum Gasteiger partial charge on any atom is -0.394 e. The number of nitrogens with zero attached hydrogens (tertiary/aromatic N) is 1. The molecular weight excluding hydrogens is 246 g/mol. The number of hydrogen-bond acceptors (Lipinski definition) is 4. The molecule has 1 rings (SSSR count). The van der Waals surface area contributed by atoms with Gasteiger partial charge in [0, 0.05) is 12.1 Å². The van der Waals surface area contributed by atoms with Crippen LogP contribution in [0.5, 0.6) is 0 Å². The van der Waals surface area contributed by atoms with Crippen molar-refractivity contribution < 1.29 is 18.8 Å². The first-order valence-electron chi connectivity index (χ1n) is 5.35. The fourth-order valence-corrected chi connectivity index (χ4v) is 1.41. The topological polar surface area (TPSA) is 75.4 Å². The molecule has 2 N–H and O–H groups in total. The minimum atomic E-state index is -1.25. The lowest BCUT2D eigenvalue weighted by Gasteiger charge is -2.28. The number of benzene rings is 1. The highest BCUT2D eigenvalue weighted by Gasteiger charge is 2.28. The largest absolute Gasteiger partial charge is 0.394 e. The molecule has 7 heteroatoms. The first kappa shape index (κ1) is 14.3. The van der Waals surface area contributed by atoms with Crippen molar-refractivity contribution in [3.8, 4) is 0 Å². The summed E-state index contributed by atoms with van der Waals surface area (Å²) >= 11 is 0. The van der Waals surface area contributed by atoms with Gasteiger partial charge >= 0.3 is 5.69 Å². The van der Waals surface area contributed by atoms with E-state index in [-0.39, 0.29) is 12.3 Å². The van der Waals surface area contributed by atoms with Crippen molar-refractivity contribution in [2.75, 3.05) is 11.9 Å². The maximum Gasteiger partial charge on any atom is 0.327 e. The van der Waals surface area contributed by atoms with E-state index >= 15 is 0 Å². The van der Waals surface area contributed by atoms with Crippen molar-refractivity contribution >= 4 is 11.4 Å². The summed E-state index contributed by atoms with van der Waals surface area (Å²) in [6.07, 6.45) is 0.429. The average molecular weight is 260 g/mol. The predicted octanol–water partition coefficient (Wildman–Crippen LogP) is 2.45. The summed E-state index contributed by atoms with van der Waals surface area (Å²) in [5, 5.41) is 22.6. The molecule has 1 aromatic rings. The van der Waals surface area contributed by atoms with Gasteiger partial charge in [0.2, 0.25) is 5.82 Å². The summed E-state index contributed by atoms with van der Waals surface area (Å²) in [6, 6.07) is 1.29. The van der Waals surface area contributed by atoms with Crippen LogP contribution in [-0.4, -0.2) is 22.2 Å². The van der Waals surface area contributed by atoms with Crippen LogP contribution < -0.4 is 5.32 Å². The fourth-order valence-electron chi connectivity index (χ4n) is 1.41. The third-order valence-corrected chi connectivity index (χ3v) is 2.78. The van der Waals surface area contributed by atoms with E-state index in [1.807, 2.05) is 0 Å². The standard InChI is InChI=1S/C11H14F2N2O3/c1-3-11(2,6-16)14-9-5-7(12)4-8(13)10(9)15(17)18/h4-5,14,16H,3,6H2,1-2H3. The van der Waals surface area contributed by atoms with Crippen molar-refractivity contribution in [3.63, 3.8) is 0 Å². The molecule has 0 fully saturated rings. The highest BCUT2D eigenvalue weighted by molar-refractivity contribution is 5.63. The van der Waals surface area contributed by atoms with Crippen LogP contribution in [0.25, 0.3) is 0 Å². The Morgan fingerprint density at radius 3 is 2.56 bits per heavy atom. The zero-order valence-electron chi connectivity index (χ0n) is 10.0. The molecule has 0 amide bonds. The number of aliphatic hydroxyl groups is 1. The first-order chi connectivity index (χ1) is 8.33. The Hall–Kier alpha value is -1.76. The molecule has 0 radical (unpaired) electrons. The number of nitrogens with one attached hydrogen (secondary N) is 1. The molecule has 0 aliphatic heterocycles. The monoisotopic (exact) mass is 260 g/mol. The van der Waals surface area contributed by atoms with Crippen molar-refractivity contribution in [2.45, 2.75) is 25.8 Å². The normalized spacial score (nSPS) is 14.1. The minimum absolute atomic E-state index is 0.282. The molecule has 0 bridgehead atoms. The van der Waals surface area contributed by atoms with Gasteiger partial charge in [-0.15, -0.1) is 0 Å². The fraction of sp³-hybridized carbons (Fsp3) is 0.455. The van der Waals surface area contributed by atoms with Crippen LogP contribution in [0.3, 0.4) is 0 Å². The Bertz CT molecular complexity index is 462. The van der Waals surface area contributed by atoms with E-state index in [4.69, 9.17) is 0 Å². The third-order valence-electron chi connectivity index (χ3n) is 2.78. The summed E-state index contributed by atoms with van der Waals surface area (Å²) in [4.78, 5) is 9.83. The van der Waals surface area contributed by atoms with Gasteiger partial charge < -0.3 is 10.4 Å². The Labute approximate surface area is 103 Å². The molecular formula is C11H14F2N2O3. The summed E-state index contributed by atoms with van der Waals surface area (Å²) in [5.74, 6) is -2.17. The van der Waals surface area contributed by atoms with Gasteiger partial charge in [0.15, 0.2) is 0 Å². The molecule has 0 aromatic heterocycles. The number of rotatable bonds is 5. The Kier molecular flexibility index (Phi) is 4.18. The van der Waals surface area contributed by atoms with Gasteiger partial charge in [-0.2, -0.15) is 4.39 Å². The second kappa shape index (κ2) is 5.26. The number of hydrogen-bond donors (Lipinski definition) is 2. The smallest absolute Gasteiger partial charge is 0.327 e. The molecule has 0 saturated carbocycles. The lowest BCUT2D eigenvalue weighted by Crippen LogP contribution is -2.38. The van der Waals surface area contributed by atoms with Gasteiger partial charge in [0.1, 0.15) is 11.5 Å². The predicted molar refractivity (Wildman–Crippen MR) is 62.4 cm³/mol. The van der Waals surface area contributed by atoms with Crippen molar-refractivity contribution in [1.82, 2.24) is 0 Å². The SMILES string of the molecule is CCC(C)(CO)Nc1cc(F)cc(F)c1[N+](=O)[O-]. The summed E-state index contributed by atoms with van der Waals surface area (Å²) in [6.45, 7) is 3.02. The van der Waals surface area contributed by atoms with E-state index in [9.17, 15) is 24.0 Å². The van der Waals surface area contributed by atoms with Crippen LogP contribution >= 0.6 is 0 Å². The lowest BCUT2D eigenvalue weighted by atomic mass is 9.99. The van der Waals surface area contributed by atoms with Crippen LogP contribution in [0.1, 0.15) is 20.3 Å². The van der Waals surface area contributed by atoms with E-state index in [0.717, 1.165) is 6.07 Å². The van der Waals surface area contributed by atoms with Crippen LogP contribution in [0, 0.1) is 21.7 Å². The van der Waals surface area contributed by atoms with E-state index in [2.05, 4.69) is 5.32 Å². The van der Waals surface area contributed by atoms with Gasteiger partial charge in [-0.1, -0.05) is 6.92 Å². The molecule has 0 saturated heterocycles. The third kappa shape index (κ3) is 2.92. The van der Waals surface area contributed by atoms with Crippen LogP contribution in [0.15, 0.2) is 12.1 Å². The molecule has 1 atom stereocenters. The second-order valence-corrected chi connectivity index (χ2v) is 4.24. The van der Waals surface area contributed by atoms with Crippen LogP contribution in [-0.2, 0) is 0 Å². The number of nitro benzene ring substituents is 1. The summed E-state index contributed by atoms with van der Waals surface area (Å²) < 4.78 is 26.5. The van der Waals surface area contributed by atoms with Crippen molar-refractivity contribution in [1.29, 1.82) is 0 Å². The zero-order chi connectivity index (χ0) is 13.9. The Morgan fingerprint density at radius 1 is 1.50 bits per heavy atom. The Balaban J connectivity index is 3.27. The van der Waals surface area contributed by atoms with Gasteiger partial charge in [-0.3, -0.25) is 10.1 Å². The molecule has 100 valence electrons. The number of halogens is 2. The summed E-state index contributed by atoms with van der Waals surface area (Å²) in [7, 11) is 0. The van der Waals surface area contributed by atoms with Gasteiger partial charge in [0.05, 0.1) is 17.1 Å². The molecule has 0 aliphatic rings. The van der Waals surface area contributed by atoms with Crippen molar-refractivity contribution in [3.05, 3.63) is 33.9 Å². The Morgan fingerprint density at radius 2 is 2.11 bits per heavy atom. The second-order valence-electron chi connectivity index (χ2n) is 4.24. The van der Waals surface area contributed by atoms with Crippen LogP contribution in [0.2, 0.25) is 0 Å². The maximum atomic E-state index is 13.4. The number of nitro groups is 1. The molecule has 18 heavy (non-hydrogen) atoms. The summed E-state index contributed by atoms with van der Waals surface area (Å²) in [5.41, 5.74) is -1.99. The van der Waals surface area contributed by atoms with E-state index in [1.54, 1.807) is 13.8 Å². The average Bonchev–Trinajstić information content (AvgIpc) is 2.27. The van der Waals surface area contributed by atoms with Gasteiger partial charge in [-0.25, -0.2) is 4.39 Å². The number of aliphatic hydroxyl groups excluding tert-OH is 1. The number of anilines is 1. The van der Waals surface area contributed by atoms with Crippen LogP contribution in [0.4, 0.5) is 20.2 Å². The highest BCUT2D eigenvalue weighted by Crippen LogP contribution is 2.31. The molecule has 1 unspecified atom stereocenters. The maximum absolute atomic E-state index is 13.4. The van der Waals surface area contributed by atoms with Gasteiger partial charge in [-0.05, 0) is 13.3 Å². The zero-order valence-corrected chi connectivity index (χ0v) is 10.0.